The first-order valence-corrected chi connectivity index (χ1v) is 10.1. The van der Waals surface area contributed by atoms with Gasteiger partial charge in [-0.05, 0) is 48.5 Å². The molecule has 7 heteroatoms. The Morgan fingerprint density at radius 1 is 1.07 bits per heavy atom. The number of nitrogens with zero attached hydrogens (tertiary/aromatic N) is 2. The summed E-state index contributed by atoms with van der Waals surface area (Å²) in [5.41, 5.74) is 1.57. The SMILES string of the molecule is O=c1c(=Cc2ccc(Sc3ccc(Cl)cc3)o2)sc2nc3ccccc3n12. The summed E-state index contributed by atoms with van der Waals surface area (Å²) >= 11 is 8.78. The molecule has 5 aromatic rings. The maximum atomic E-state index is 12.8. The summed E-state index contributed by atoms with van der Waals surface area (Å²) in [6, 6.07) is 18.9. The van der Waals surface area contributed by atoms with Gasteiger partial charge in [0.25, 0.3) is 5.56 Å². The lowest BCUT2D eigenvalue weighted by atomic mass is 10.3. The molecule has 0 aliphatic carbocycles. The highest BCUT2D eigenvalue weighted by atomic mass is 35.5. The van der Waals surface area contributed by atoms with Gasteiger partial charge in [-0.2, -0.15) is 0 Å². The predicted octanol–water partition coefficient (Wildman–Crippen LogP) is 4.85. The Hall–Kier alpha value is -2.54. The van der Waals surface area contributed by atoms with Crippen molar-refractivity contribution in [3.8, 4) is 0 Å². The minimum absolute atomic E-state index is 0.0768. The number of imidazole rings is 1. The summed E-state index contributed by atoms with van der Waals surface area (Å²) < 4.78 is 8.10. The lowest BCUT2D eigenvalue weighted by molar-refractivity contribution is 0.466. The smallest absolute Gasteiger partial charge is 0.275 e. The van der Waals surface area contributed by atoms with E-state index in [0.717, 1.165) is 21.0 Å². The topological polar surface area (TPSA) is 47.5 Å². The standard InChI is InChI=1S/C20H11ClN2O2S2/c21-12-5-8-14(9-6-12)26-18-10-7-13(25-18)11-17-19(24)23-16-4-2-1-3-15(16)22-20(23)27-17/h1-11H. The van der Waals surface area contributed by atoms with Crippen molar-refractivity contribution >= 4 is 56.8 Å². The Morgan fingerprint density at radius 2 is 1.89 bits per heavy atom. The van der Waals surface area contributed by atoms with E-state index in [0.29, 0.717) is 20.3 Å². The Morgan fingerprint density at radius 3 is 2.74 bits per heavy atom. The molecule has 0 unspecified atom stereocenters. The third-order valence-corrected chi connectivity index (χ3v) is 6.20. The molecule has 3 aromatic heterocycles. The van der Waals surface area contributed by atoms with E-state index in [1.54, 1.807) is 10.5 Å². The first kappa shape index (κ1) is 16.6. The number of thiazole rings is 1. The first-order chi connectivity index (χ1) is 13.2. The molecule has 4 nitrogen and oxygen atoms in total. The number of halogens is 1. The first-order valence-electron chi connectivity index (χ1n) is 8.12. The number of para-hydroxylation sites is 2. The van der Waals surface area contributed by atoms with Crippen molar-refractivity contribution in [1.29, 1.82) is 0 Å². The molecule has 0 amide bonds. The molecule has 0 saturated carbocycles. The van der Waals surface area contributed by atoms with Crippen molar-refractivity contribution in [3.05, 3.63) is 86.3 Å². The van der Waals surface area contributed by atoms with Gasteiger partial charge in [0.2, 0.25) is 0 Å². The molecule has 0 bridgehead atoms. The van der Waals surface area contributed by atoms with Crippen LogP contribution in [0.25, 0.3) is 22.1 Å². The number of fused-ring (bicyclic) bond motifs is 3. The number of hydrogen-bond donors (Lipinski definition) is 0. The van der Waals surface area contributed by atoms with Gasteiger partial charge in [-0.3, -0.25) is 4.79 Å². The second kappa shape index (κ2) is 6.56. The quantitative estimate of drug-likeness (QED) is 0.426. The molecule has 0 radical (unpaired) electrons. The Kier molecular flexibility index (Phi) is 4.04. The summed E-state index contributed by atoms with van der Waals surface area (Å²) in [4.78, 5) is 19.0. The van der Waals surface area contributed by atoms with Gasteiger partial charge in [0.15, 0.2) is 10.1 Å². The van der Waals surface area contributed by atoms with Crippen LogP contribution in [-0.4, -0.2) is 9.38 Å². The minimum Gasteiger partial charge on any atom is -0.450 e. The number of hydrogen-bond acceptors (Lipinski definition) is 5. The maximum absolute atomic E-state index is 12.8. The zero-order chi connectivity index (χ0) is 18.4. The van der Waals surface area contributed by atoms with Gasteiger partial charge in [-0.15, -0.1) is 0 Å². The van der Waals surface area contributed by atoms with Crippen LogP contribution in [0, 0.1) is 0 Å². The van der Waals surface area contributed by atoms with Crippen molar-refractivity contribution < 1.29 is 4.42 Å². The predicted molar refractivity (Wildman–Crippen MR) is 110 cm³/mol. The van der Waals surface area contributed by atoms with Crippen LogP contribution in [0.1, 0.15) is 5.76 Å². The molecule has 3 heterocycles. The highest BCUT2D eigenvalue weighted by molar-refractivity contribution is 7.99. The van der Waals surface area contributed by atoms with Crippen molar-refractivity contribution in [2.24, 2.45) is 0 Å². The van der Waals surface area contributed by atoms with Gasteiger partial charge >= 0.3 is 0 Å². The highest BCUT2D eigenvalue weighted by Gasteiger charge is 2.11. The Balaban J connectivity index is 1.51. The summed E-state index contributed by atoms with van der Waals surface area (Å²) in [6.45, 7) is 0. The molecule has 132 valence electrons. The summed E-state index contributed by atoms with van der Waals surface area (Å²) in [5, 5.41) is 1.45. The number of benzene rings is 2. The molecule has 0 spiro atoms. The van der Waals surface area contributed by atoms with Gasteiger partial charge in [0.1, 0.15) is 10.3 Å². The fourth-order valence-electron chi connectivity index (χ4n) is 2.83. The van der Waals surface area contributed by atoms with Gasteiger partial charge in [0.05, 0.1) is 11.0 Å². The van der Waals surface area contributed by atoms with Crippen LogP contribution < -0.4 is 10.1 Å². The van der Waals surface area contributed by atoms with Crippen molar-refractivity contribution in [1.82, 2.24) is 9.38 Å². The average molecular weight is 411 g/mol. The zero-order valence-corrected chi connectivity index (χ0v) is 16.1. The average Bonchev–Trinajstić information content (AvgIpc) is 3.33. The van der Waals surface area contributed by atoms with Crippen LogP contribution in [0.15, 0.2) is 79.9 Å². The van der Waals surface area contributed by atoms with Crippen LogP contribution in [0.5, 0.6) is 0 Å². The van der Waals surface area contributed by atoms with E-state index < -0.39 is 0 Å². The number of furan rings is 1. The normalized spacial score (nSPS) is 12.4. The zero-order valence-electron chi connectivity index (χ0n) is 13.8. The van der Waals surface area contributed by atoms with Crippen LogP contribution in [0.2, 0.25) is 5.02 Å². The largest absolute Gasteiger partial charge is 0.450 e. The Bertz CT molecular complexity index is 1380. The van der Waals surface area contributed by atoms with E-state index in [1.807, 2.05) is 60.7 Å². The van der Waals surface area contributed by atoms with E-state index >= 15 is 0 Å². The van der Waals surface area contributed by atoms with Gasteiger partial charge < -0.3 is 4.42 Å². The van der Waals surface area contributed by atoms with Gasteiger partial charge in [-0.1, -0.05) is 46.8 Å². The van der Waals surface area contributed by atoms with E-state index in [4.69, 9.17) is 16.0 Å². The van der Waals surface area contributed by atoms with Crippen LogP contribution in [0.3, 0.4) is 0 Å². The lowest BCUT2D eigenvalue weighted by Crippen LogP contribution is -2.22. The third kappa shape index (κ3) is 3.06. The second-order valence-electron chi connectivity index (χ2n) is 5.85. The van der Waals surface area contributed by atoms with Crippen LogP contribution in [-0.2, 0) is 0 Å². The summed E-state index contributed by atoms with van der Waals surface area (Å²) in [6.07, 6.45) is 1.77. The molecule has 0 aliphatic heterocycles. The monoisotopic (exact) mass is 410 g/mol. The number of aromatic nitrogens is 2. The van der Waals surface area contributed by atoms with E-state index in [1.165, 1.54) is 23.1 Å². The molecule has 0 fully saturated rings. The summed E-state index contributed by atoms with van der Waals surface area (Å²) in [5.74, 6) is 0.636. The fraction of sp³-hybridized carbons (Fsp3) is 0. The van der Waals surface area contributed by atoms with Crippen molar-refractivity contribution in [3.63, 3.8) is 0 Å². The van der Waals surface area contributed by atoms with Gasteiger partial charge in [-0.25, -0.2) is 9.38 Å². The number of rotatable bonds is 3. The lowest BCUT2D eigenvalue weighted by Gasteiger charge is -1.97. The molecular weight excluding hydrogens is 400 g/mol. The van der Waals surface area contributed by atoms with E-state index in [2.05, 4.69) is 4.98 Å². The molecule has 5 rings (SSSR count). The van der Waals surface area contributed by atoms with Crippen molar-refractivity contribution in [2.45, 2.75) is 9.99 Å². The molecule has 0 aliphatic rings. The highest BCUT2D eigenvalue weighted by Crippen LogP contribution is 2.30. The maximum Gasteiger partial charge on any atom is 0.275 e. The summed E-state index contributed by atoms with van der Waals surface area (Å²) in [7, 11) is 0. The van der Waals surface area contributed by atoms with E-state index in [9.17, 15) is 4.79 Å². The fourth-order valence-corrected chi connectivity index (χ4v) is 4.70. The molecule has 0 atom stereocenters. The Labute approximate surface area is 166 Å². The molecule has 0 saturated heterocycles. The third-order valence-electron chi connectivity index (χ3n) is 4.05. The van der Waals surface area contributed by atoms with Crippen molar-refractivity contribution in [2.75, 3.05) is 0 Å². The van der Waals surface area contributed by atoms with Crippen LogP contribution >= 0.6 is 34.7 Å². The minimum atomic E-state index is -0.0768. The van der Waals surface area contributed by atoms with Crippen LogP contribution in [0.4, 0.5) is 0 Å². The molecule has 2 aromatic carbocycles. The van der Waals surface area contributed by atoms with E-state index in [-0.39, 0.29) is 5.56 Å². The molecule has 27 heavy (non-hydrogen) atoms. The second-order valence-corrected chi connectivity index (χ2v) is 8.37. The van der Waals surface area contributed by atoms with Gasteiger partial charge in [0, 0.05) is 16.0 Å². The molecule has 0 N–H and O–H groups in total. The molecular formula is C20H11ClN2O2S2.